The Bertz CT molecular complexity index is 1020. The molecule has 346 valence electrons. The molecule has 0 spiro atoms. The second kappa shape index (κ2) is 40.5. The van der Waals surface area contributed by atoms with Crippen molar-refractivity contribution in [3.63, 3.8) is 0 Å². The highest BCUT2D eigenvalue weighted by Crippen LogP contribution is 2.23. The fourth-order valence-electron chi connectivity index (χ4n) is 7.76. The maximum atomic E-state index is 13.0. The molecule has 1 saturated heterocycles. The van der Waals surface area contributed by atoms with Gasteiger partial charge in [-0.05, 0) is 51.4 Å². The number of carbonyl (C=O) groups excluding carboxylic acids is 1. The van der Waals surface area contributed by atoms with Crippen LogP contribution in [0.1, 0.15) is 219 Å². The molecule has 0 aromatic heterocycles. The minimum atomic E-state index is -1.55. The maximum absolute atomic E-state index is 13.0. The summed E-state index contributed by atoms with van der Waals surface area (Å²) in [5.41, 5.74) is 0. The number of unbranched alkanes of at least 4 members (excludes halogenated alkanes) is 25. The molecule has 0 bridgehead atoms. The van der Waals surface area contributed by atoms with Gasteiger partial charge in [0.25, 0.3) is 0 Å². The average molecular weight is 836 g/mol. The van der Waals surface area contributed by atoms with Gasteiger partial charge in [-0.25, -0.2) is 0 Å². The van der Waals surface area contributed by atoms with Crippen LogP contribution in [0.2, 0.25) is 0 Å². The zero-order chi connectivity index (χ0) is 43.0. The van der Waals surface area contributed by atoms with Gasteiger partial charge in [-0.2, -0.15) is 0 Å². The molecular formula is C50H93NO8. The first-order chi connectivity index (χ1) is 28.8. The van der Waals surface area contributed by atoms with Crippen molar-refractivity contribution in [3.05, 3.63) is 36.5 Å². The lowest BCUT2D eigenvalue weighted by Gasteiger charge is -2.40. The van der Waals surface area contributed by atoms with Crippen molar-refractivity contribution in [2.24, 2.45) is 0 Å². The first kappa shape index (κ1) is 55.4. The van der Waals surface area contributed by atoms with E-state index in [0.29, 0.717) is 12.8 Å². The number of rotatable bonds is 41. The third-order valence-corrected chi connectivity index (χ3v) is 11.7. The SMILES string of the molecule is CCCCCCC/C=C\C/C=C\C/C=C\CCCCCCCCCCC(=O)NC(COC1OC(CO)C(O)C(O)C1O)C(O)CCCCCCCCCCCCCCC. The molecule has 1 aliphatic rings. The third kappa shape index (κ3) is 31.0. The van der Waals surface area contributed by atoms with Crippen LogP contribution in [0.5, 0.6) is 0 Å². The number of carbonyl (C=O) groups is 1. The van der Waals surface area contributed by atoms with E-state index in [1.165, 1.54) is 135 Å². The van der Waals surface area contributed by atoms with E-state index in [-0.39, 0.29) is 12.5 Å². The maximum Gasteiger partial charge on any atom is 0.220 e. The molecule has 0 saturated carbocycles. The Balaban J connectivity index is 2.27. The summed E-state index contributed by atoms with van der Waals surface area (Å²) in [7, 11) is 0. The summed E-state index contributed by atoms with van der Waals surface area (Å²) < 4.78 is 11.3. The van der Waals surface area contributed by atoms with E-state index in [1.807, 2.05) is 0 Å². The van der Waals surface area contributed by atoms with Crippen LogP contribution >= 0.6 is 0 Å². The Morgan fingerprint density at radius 2 is 1.00 bits per heavy atom. The molecule has 9 nitrogen and oxygen atoms in total. The van der Waals surface area contributed by atoms with Crippen molar-refractivity contribution in [2.45, 2.75) is 262 Å². The van der Waals surface area contributed by atoms with E-state index >= 15 is 0 Å². The van der Waals surface area contributed by atoms with Gasteiger partial charge in [-0.1, -0.05) is 198 Å². The van der Waals surface area contributed by atoms with Gasteiger partial charge in [-0.15, -0.1) is 0 Å². The minimum absolute atomic E-state index is 0.141. The Kier molecular flexibility index (Phi) is 38.0. The number of aliphatic hydroxyl groups excluding tert-OH is 5. The fraction of sp³-hybridized carbons (Fsp3) is 0.860. The Labute approximate surface area is 361 Å². The van der Waals surface area contributed by atoms with Crippen molar-refractivity contribution in [1.82, 2.24) is 5.32 Å². The number of allylic oxidation sites excluding steroid dienone is 6. The largest absolute Gasteiger partial charge is 0.394 e. The van der Waals surface area contributed by atoms with Gasteiger partial charge in [0.1, 0.15) is 24.4 Å². The van der Waals surface area contributed by atoms with Gasteiger partial charge < -0.3 is 40.3 Å². The zero-order valence-corrected chi connectivity index (χ0v) is 38.0. The molecule has 1 heterocycles. The van der Waals surface area contributed by atoms with Gasteiger partial charge in [0.05, 0.1) is 25.4 Å². The van der Waals surface area contributed by atoms with E-state index in [0.717, 1.165) is 57.8 Å². The number of nitrogens with one attached hydrogen (secondary N) is 1. The van der Waals surface area contributed by atoms with Gasteiger partial charge in [-0.3, -0.25) is 4.79 Å². The fourth-order valence-corrected chi connectivity index (χ4v) is 7.76. The standard InChI is InChI=1S/C50H93NO8/c1-3-5-7-9-11-13-15-17-18-19-20-21-22-23-24-25-26-28-30-32-34-36-38-40-46(54)51-43(42-58-50-49(57)48(56)47(55)45(41-52)59-50)44(53)39-37-35-33-31-29-27-16-14-12-10-8-6-4-2/h15,17,19-20,22-23,43-45,47-50,52-53,55-57H,3-14,16,18,21,24-42H2,1-2H3,(H,51,54)/b17-15-,20-19-,23-22-. The topological polar surface area (TPSA) is 149 Å². The van der Waals surface area contributed by atoms with Crippen molar-refractivity contribution in [1.29, 1.82) is 0 Å². The molecule has 0 aliphatic carbocycles. The van der Waals surface area contributed by atoms with Gasteiger partial charge in [0.15, 0.2) is 6.29 Å². The highest BCUT2D eigenvalue weighted by Gasteiger charge is 2.44. The second-order valence-electron chi connectivity index (χ2n) is 17.3. The molecule has 1 fully saturated rings. The molecule has 0 aromatic rings. The predicted molar refractivity (Wildman–Crippen MR) is 244 cm³/mol. The lowest BCUT2D eigenvalue weighted by Crippen LogP contribution is -2.60. The molecule has 1 rings (SSSR count). The van der Waals surface area contributed by atoms with Crippen LogP contribution in [0.3, 0.4) is 0 Å². The Hall–Kier alpha value is -1.59. The molecule has 6 N–H and O–H groups in total. The molecule has 0 aromatic carbocycles. The summed E-state index contributed by atoms with van der Waals surface area (Å²) >= 11 is 0. The Morgan fingerprint density at radius 1 is 0.576 bits per heavy atom. The van der Waals surface area contributed by atoms with E-state index in [4.69, 9.17) is 9.47 Å². The summed E-state index contributed by atoms with van der Waals surface area (Å²) in [6, 6.07) is -0.722. The van der Waals surface area contributed by atoms with Crippen LogP contribution in [0, 0.1) is 0 Å². The van der Waals surface area contributed by atoms with Gasteiger partial charge >= 0.3 is 0 Å². The minimum Gasteiger partial charge on any atom is -0.394 e. The van der Waals surface area contributed by atoms with Crippen LogP contribution in [-0.2, 0) is 14.3 Å². The average Bonchev–Trinajstić information content (AvgIpc) is 3.23. The van der Waals surface area contributed by atoms with E-state index in [2.05, 4.69) is 55.6 Å². The van der Waals surface area contributed by atoms with Gasteiger partial charge in [0.2, 0.25) is 5.91 Å². The lowest BCUT2D eigenvalue weighted by molar-refractivity contribution is -0.302. The van der Waals surface area contributed by atoms with Crippen molar-refractivity contribution < 1.29 is 39.8 Å². The molecule has 7 atom stereocenters. The Morgan fingerprint density at radius 3 is 1.47 bits per heavy atom. The number of aliphatic hydroxyl groups is 5. The smallest absolute Gasteiger partial charge is 0.220 e. The number of hydrogen-bond donors (Lipinski definition) is 6. The zero-order valence-electron chi connectivity index (χ0n) is 38.0. The molecule has 9 heteroatoms. The summed E-state index contributed by atoms with van der Waals surface area (Å²) in [6.07, 6.45) is 42.9. The predicted octanol–water partition coefficient (Wildman–Crippen LogP) is 10.8. The summed E-state index contributed by atoms with van der Waals surface area (Å²) in [6.45, 7) is 3.82. The van der Waals surface area contributed by atoms with Gasteiger partial charge in [0, 0.05) is 6.42 Å². The third-order valence-electron chi connectivity index (χ3n) is 11.7. The van der Waals surface area contributed by atoms with E-state index < -0.39 is 49.5 Å². The second-order valence-corrected chi connectivity index (χ2v) is 17.3. The van der Waals surface area contributed by atoms with Crippen LogP contribution in [-0.4, -0.2) is 87.5 Å². The normalized spacial score (nSPS) is 21.0. The number of hydrogen-bond acceptors (Lipinski definition) is 8. The summed E-state index contributed by atoms with van der Waals surface area (Å²) in [4.78, 5) is 13.0. The molecule has 0 radical (unpaired) electrons. The molecular weight excluding hydrogens is 743 g/mol. The van der Waals surface area contributed by atoms with Crippen molar-refractivity contribution in [3.8, 4) is 0 Å². The van der Waals surface area contributed by atoms with Crippen LogP contribution < -0.4 is 5.32 Å². The first-order valence-corrected chi connectivity index (χ1v) is 24.7. The highest BCUT2D eigenvalue weighted by atomic mass is 16.7. The number of ether oxygens (including phenoxy) is 2. The van der Waals surface area contributed by atoms with Crippen molar-refractivity contribution in [2.75, 3.05) is 13.2 Å². The molecule has 59 heavy (non-hydrogen) atoms. The summed E-state index contributed by atoms with van der Waals surface area (Å²) in [5, 5.41) is 54.4. The van der Waals surface area contributed by atoms with E-state index in [9.17, 15) is 30.3 Å². The first-order valence-electron chi connectivity index (χ1n) is 24.7. The quantitative estimate of drug-likeness (QED) is 0.0263. The lowest BCUT2D eigenvalue weighted by atomic mass is 9.99. The van der Waals surface area contributed by atoms with Crippen LogP contribution in [0.15, 0.2) is 36.5 Å². The van der Waals surface area contributed by atoms with E-state index in [1.54, 1.807) is 0 Å². The highest BCUT2D eigenvalue weighted by molar-refractivity contribution is 5.76. The summed E-state index contributed by atoms with van der Waals surface area (Å²) in [5.74, 6) is -0.152. The van der Waals surface area contributed by atoms with Crippen LogP contribution in [0.25, 0.3) is 0 Å². The number of amides is 1. The molecule has 1 aliphatic heterocycles. The monoisotopic (exact) mass is 836 g/mol. The molecule has 1 amide bonds. The van der Waals surface area contributed by atoms with Crippen molar-refractivity contribution >= 4 is 5.91 Å². The van der Waals surface area contributed by atoms with Crippen LogP contribution in [0.4, 0.5) is 0 Å². The molecule has 7 unspecified atom stereocenters.